The van der Waals surface area contributed by atoms with Crippen molar-refractivity contribution in [3.8, 4) is 0 Å². The normalized spacial score (nSPS) is 14.2. The molecule has 20 heavy (non-hydrogen) atoms. The summed E-state index contributed by atoms with van der Waals surface area (Å²) in [5.74, 6) is 0.715. The Labute approximate surface area is 119 Å². The van der Waals surface area contributed by atoms with Crippen LogP contribution in [0.3, 0.4) is 0 Å². The van der Waals surface area contributed by atoms with Crippen LogP contribution in [-0.4, -0.2) is 39.9 Å². The number of nitrogens with one attached hydrogen (secondary N) is 1. The maximum Gasteiger partial charge on any atom is 0.176 e. The molecular formula is C14H21N5O. The van der Waals surface area contributed by atoms with E-state index >= 15 is 0 Å². The zero-order valence-corrected chi connectivity index (χ0v) is 12.2. The molecule has 2 atom stereocenters. The monoisotopic (exact) mass is 275 g/mol. The van der Waals surface area contributed by atoms with Crippen molar-refractivity contribution in [1.29, 1.82) is 0 Å². The van der Waals surface area contributed by atoms with E-state index in [4.69, 9.17) is 4.74 Å². The largest absolute Gasteiger partial charge is 0.372 e. The first-order valence-corrected chi connectivity index (χ1v) is 6.81. The maximum atomic E-state index is 5.91. The second-order valence-corrected chi connectivity index (χ2v) is 4.58. The second kappa shape index (κ2) is 7.12. The van der Waals surface area contributed by atoms with Crippen LogP contribution in [0.25, 0.3) is 0 Å². The molecule has 6 nitrogen and oxygen atoms in total. The van der Waals surface area contributed by atoms with Gasteiger partial charge < -0.3 is 10.1 Å². The highest BCUT2D eigenvalue weighted by Crippen LogP contribution is 2.22. The van der Waals surface area contributed by atoms with E-state index in [2.05, 4.69) is 32.9 Å². The molecule has 1 aromatic heterocycles. The summed E-state index contributed by atoms with van der Waals surface area (Å²) in [4.78, 5) is 1.47. The Kier molecular flexibility index (Phi) is 5.20. The zero-order valence-electron chi connectivity index (χ0n) is 12.2. The van der Waals surface area contributed by atoms with Crippen LogP contribution in [0, 0.1) is 0 Å². The average Bonchev–Trinajstić information content (AvgIpc) is 2.89. The molecule has 1 heterocycles. The fourth-order valence-electron chi connectivity index (χ4n) is 2.23. The van der Waals surface area contributed by atoms with Gasteiger partial charge in [-0.3, -0.25) is 0 Å². The van der Waals surface area contributed by atoms with E-state index in [0.717, 1.165) is 5.56 Å². The Bertz CT molecular complexity index is 513. The number of ether oxygens (including phenoxy) is 1. The van der Waals surface area contributed by atoms with Gasteiger partial charge in [0.05, 0.1) is 13.2 Å². The zero-order chi connectivity index (χ0) is 14.4. The van der Waals surface area contributed by atoms with Gasteiger partial charge in [-0.1, -0.05) is 30.3 Å². The highest BCUT2D eigenvalue weighted by Gasteiger charge is 2.24. The molecule has 6 heteroatoms. The van der Waals surface area contributed by atoms with E-state index in [1.54, 1.807) is 7.05 Å². The van der Waals surface area contributed by atoms with Crippen molar-refractivity contribution in [2.24, 2.45) is 7.05 Å². The first-order chi connectivity index (χ1) is 9.74. The second-order valence-electron chi connectivity index (χ2n) is 4.58. The summed E-state index contributed by atoms with van der Waals surface area (Å²) in [6.07, 6.45) is 0.638. The van der Waals surface area contributed by atoms with E-state index in [1.165, 1.54) is 4.80 Å². The summed E-state index contributed by atoms with van der Waals surface area (Å²) in [5.41, 5.74) is 1.15. The lowest BCUT2D eigenvalue weighted by atomic mass is 9.99. The minimum atomic E-state index is -0.0324. The van der Waals surface area contributed by atoms with Gasteiger partial charge in [-0.05, 0) is 24.7 Å². The number of nitrogens with zero attached hydrogens (tertiary/aromatic N) is 4. The molecule has 0 radical (unpaired) electrons. The SMILES string of the molecule is CCOC(c1ccccc1)C(Cc1nnn(C)n1)NC. The minimum Gasteiger partial charge on any atom is -0.372 e. The van der Waals surface area contributed by atoms with Gasteiger partial charge in [0.1, 0.15) is 0 Å². The fraction of sp³-hybridized carbons (Fsp3) is 0.500. The van der Waals surface area contributed by atoms with Crippen LogP contribution < -0.4 is 5.32 Å². The van der Waals surface area contributed by atoms with Crippen molar-refractivity contribution in [1.82, 2.24) is 25.5 Å². The number of aryl methyl sites for hydroxylation is 1. The van der Waals surface area contributed by atoms with Gasteiger partial charge in [-0.25, -0.2) is 0 Å². The lowest BCUT2D eigenvalue weighted by Gasteiger charge is -2.26. The predicted octanol–water partition coefficient (Wildman–Crippen LogP) is 1.12. The van der Waals surface area contributed by atoms with Crippen molar-refractivity contribution < 1.29 is 4.74 Å². The standard InChI is InChI=1S/C14H21N5O/c1-4-20-14(11-8-6-5-7-9-11)12(15-2)10-13-16-18-19(3)17-13/h5-9,12,14-15H,4,10H2,1-3H3. The van der Waals surface area contributed by atoms with Crippen LogP contribution in [0.1, 0.15) is 24.4 Å². The van der Waals surface area contributed by atoms with Gasteiger partial charge in [-0.15, -0.1) is 10.2 Å². The number of aromatic nitrogens is 4. The number of benzene rings is 1. The van der Waals surface area contributed by atoms with Gasteiger partial charge in [-0.2, -0.15) is 4.80 Å². The minimum absolute atomic E-state index is 0.0324. The fourth-order valence-corrected chi connectivity index (χ4v) is 2.23. The first kappa shape index (κ1) is 14.6. The molecule has 0 aliphatic rings. The first-order valence-electron chi connectivity index (χ1n) is 6.81. The van der Waals surface area contributed by atoms with Gasteiger partial charge in [0, 0.05) is 19.1 Å². The molecular weight excluding hydrogens is 254 g/mol. The van der Waals surface area contributed by atoms with Gasteiger partial charge in [0.25, 0.3) is 0 Å². The molecule has 1 aromatic carbocycles. The molecule has 0 aliphatic heterocycles. The van der Waals surface area contributed by atoms with Crippen molar-refractivity contribution in [2.45, 2.75) is 25.5 Å². The van der Waals surface area contributed by atoms with E-state index in [-0.39, 0.29) is 12.1 Å². The topological polar surface area (TPSA) is 64.9 Å². The van der Waals surface area contributed by atoms with E-state index < -0.39 is 0 Å². The van der Waals surface area contributed by atoms with E-state index in [9.17, 15) is 0 Å². The molecule has 0 saturated heterocycles. The summed E-state index contributed by atoms with van der Waals surface area (Å²) in [6.45, 7) is 2.66. The molecule has 0 amide bonds. The Hall–Kier alpha value is -1.79. The van der Waals surface area contributed by atoms with Gasteiger partial charge in [0.2, 0.25) is 0 Å². The van der Waals surface area contributed by atoms with Crippen molar-refractivity contribution >= 4 is 0 Å². The molecule has 2 rings (SSSR count). The third-order valence-electron chi connectivity index (χ3n) is 3.16. The third-order valence-corrected chi connectivity index (χ3v) is 3.16. The number of rotatable bonds is 7. The summed E-state index contributed by atoms with van der Waals surface area (Å²) in [5, 5.41) is 15.4. The molecule has 0 saturated carbocycles. The highest BCUT2D eigenvalue weighted by molar-refractivity contribution is 5.19. The Balaban J connectivity index is 2.17. The highest BCUT2D eigenvalue weighted by atomic mass is 16.5. The molecule has 2 unspecified atom stereocenters. The molecule has 108 valence electrons. The summed E-state index contributed by atoms with van der Waals surface area (Å²) >= 11 is 0. The molecule has 2 aromatic rings. The molecule has 0 spiro atoms. The maximum absolute atomic E-state index is 5.91. The van der Waals surface area contributed by atoms with E-state index in [1.807, 2.05) is 32.2 Å². The van der Waals surface area contributed by atoms with Crippen LogP contribution in [0.5, 0.6) is 0 Å². The van der Waals surface area contributed by atoms with Crippen LogP contribution in [0.4, 0.5) is 0 Å². The number of likely N-dealkylation sites (N-methyl/N-ethyl adjacent to an activating group) is 1. The Morgan fingerprint density at radius 3 is 2.60 bits per heavy atom. The molecule has 0 fully saturated rings. The predicted molar refractivity (Wildman–Crippen MR) is 76.2 cm³/mol. The molecule has 1 N–H and O–H groups in total. The smallest absolute Gasteiger partial charge is 0.176 e. The van der Waals surface area contributed by atoms with Crippen LogP contribution in [-0.2, 0) is 18.2 Å². The van der Waals surface area contributed by atoms with E-state index in [0.29, 0.717) is 18.9 Å². The summed E-state index contributed by atoms with van der Waals surface area (Å²) < 4.78 is 5.91. The number of hydrogen-bond acceptors (Lipinski definition) is 5. The lowest BCUT2D eigenvalue weighted by Crippen LogP contribution is -2.36. The average molecular weight is 275 g/mol. The third kappa shape index (κ3) is 3.61. The Morgan fingerprint density at radius 2 is 2.05 bits per heavy atom. The lowest BCUT2D eigenvalue weighted by molar-refractivity contribution is 0.0347. The number of tetrazole rings is 1. The van der Waals surface area contributed by atoms with Crippen molar-refractivity contribution in [3.05, 3.63) is 41.7 Å². The molecule has 0 bridgehead atoms. The molecule has 0 aliphatic carbocycles. The van der Waals surface area contributed by atoms with Crippen LogP contribution in [0.15, 0.2) is 30.3 Å². The summed E-state index contributed by atoms with van der Waals surface area (Å²) in [6, 6.07) is 10.3. The van der Waals surface area contributed by atoms with Crippen molar-refractivity contribution in [2.75, 3.05) is 13.7 Å². The van der Waals surface area contributed by atoms with Crippen LogP contribution >= 0.6 is 0 Å². The Morgan fingerprint density at radius 1 is 1.30 bits per heavy atom. The van der Waals surface area contributed by atoms with Crippen LogP contribution in [0.2, 0.25) is 0 Å². The van der Waals surface area contributed by atoms with Crippen molar-refractivity contribution in [3.63, 3.8) is 0 Å². The number of hydrogen-bond donors (Lipinski definition) is 1. The summed E-state index contributed by atoms with van der Waals surface area (Å²) in [7, 11) is 3.69. The van der Waals surface area contributed by atoms with Gasteiger partial charge >= 0.3 is 0 Å². The van der Waals surface area contributed by atoms with Gasteiger partial charge in [0.15, 0.2) is 5.82 Å². The quantitative estimate of drug-likeness (QED) is 0.820.